The molecule has 0 amide bonds. The maximum atomic E-state index is 12.6. The number of hydrogen-bond acceptors (Lipinski definition) is 6. The van der Waals surface area contributed by atoms with E-state index in [1.54, 1.807) is 0 Å². The van der Waals surface area contributed by atoms with E-state index in [4.69, 9.17) is 33.3 Å². The summed E-state index contributed by atoms with van der Waals surface area (Å²) in [4.78, 5) is 13.9. The molecule has 1 aromatic heterocycles. The van der Waals surface area contributed by atoms with E-state index in [9.17, 15) is 23.3 Å². The second-order valence-electron chi connectivity index (χ2n) is 4.54. The van der Waals surface area contributed by atoms with Crippen molar-refractivity contribution in [3.8, 4) is 11.6 Å². The van der Waals surface area contributed by atoms with Crippen LogP contribution < -0.4 is 4.74 Å². The first-order valence-corrected chi connectivity index (χ1v) is 7.19. The third kappa shape index (κ3) is 4.34. The first-order valence-electron chi connectivity index (χ1n) is 6.41. The molecule has 0 saturated heterocycles. The second kappa shape index (κ2) is 7.19. The highest BCUT2D eigenvalue weighted by molar-refractivity contribution is 7.80. The second-order valence-corrected chi connectivity index (χ2v) is 5.32. The monoisotopic (exact) mass is 392 g/mol. The van der Waals surface area contributed by atoms with Crippen LogP contribution in [0.2, 0.25) is 5.02 Å². The molecule has 2 aromatic rings. The number of alkyl halides is 3. The minimum absolute atomic E-state index is 0.0250. The van der Waals surface area contributed by atoms with Crippen LogP contribution in [-0.2, 0) is 10.9 Å². The number of nitrogens with zero attached hydrogens (tertiary/aromatic N) is 2. The van der Waals surface area contributed by atoms with E-state index in [0.29, 0.717) is 12.3 Å². The minimum Gasteiger partial charge on any atom is -0.486 e. The molecule has 0 fully saturated rings. The first kappa shape index (κ1) is 18.9. The third-order valence-corrected chi connectivity index (χ3v) is 3.58. The van der Waals surface area contributed by atoms with E-state index < -0.39 is 16.7 Å². The van der Waals surface area contributed by atoms with Gasteiger partial charge in [0.2, 0.25) is 5.88 Å². The number of pyridine rings is 1. The lowest BCUT2D eigenvalue weighted by Crippen LogP contribution is -2.06. The topological polar surface area (TPSA) is 74.5 Å². The van der Waals surface area contributed by atoms with E-state index in [-0.39, 0.29) is 33.0 Å². The summed E-state index contributed by atoms with van der Waals surface area (Å²) in [5.41, 5.74) is -1.37. The fourth-order valence-corrected chi connectivity index (χ4v) is 2.15. The maximum absolute atomic E-state index is 12.6. The molecule has 0 spiro atoms. The van der Waals surface area contributed by atoms with Gasteiger partial charge in [-0.25, -0.2) is 4.98 Å². The Balaban J connectivity index is 2.38. The number of nitro groups is 1. The average Bonchev–Trinajstić information content (AvgIpc) is 2.54. The number of benzene rings is 1. The van der Waals surface area contributed by atoms with Gasteiger partial charge in [0.05, 0.1) is 17.6 Å². The fourth-order valence-electron chi connectivity index (χ4n) is 1.78. The first-order chi connectivity index (χ1) is 11.6. The number of ether oxygens (including phenoxy) is 2. The zero-order valence-electron chi connectivity index (χ0n) is 12.3. The maximum Gasteiger partial charge on any atom is 0.417 e. The van der Waals surface area contributed by atoms with Crippen LogP contribution >= 0.6 is 23.8 Å². The van der Waals surface area contributed by atoms with Crippen LogP contribution in [0.3, 0.4) is 0 Å². The van der Waals surface area contributed by atoms with Crippen LogP contribution in [0, 0.1) is 10.1 Å². The molecule has 132 valence electrons. The molecular weight excluding hydrogens is 385 g/mol. The van der Waals surface area contributed by atoms with Gasteiger partial charge in [0.15, 0.2) is 5.05 Å². The van der Waals surface area contributed by atoms with Gasteiger partial charge in [-0.1, -0.05) is 11.6 Å². The van der Waals surface area contributed by atoms with Crippen molar-refractivity contribution in [2.45, 2.75) is 6.18 Å². The molecule has 0 aliphatic rings. The lowest BCUT2D eigenvalue weighted by atomic mass is 10.2. The summed E-state index contributed by atoms with van der Waals surface area (Å²) in [6.07, 6.45) is -4.03. The van der Waals surface area contributed by atoms with Gasteiger partial charge in [-0.2, -0.15) is 13.2 Å². The van der Waals surface area contributed by atoms with Crippen molar-refractivity contribution < 1.29 is 27.6 Å². The van der Waals surface area contributed by atoms with Gasteiger partial charge >= 0.3 is 6.18 Å². The van der Waals surface area contributed by atoms with E-state index in [0.717, 1.165) is 6.07 Å². The van der Waals surface area contributed by atoms with Crippen molar-refractivity contribution in [3.05, 3.63) is 56.7 Å². The molecule has 0 bridgehead atoms. The highest BCUT2D eigenvalue weighted by Gasteiger charge is 2.32. The van der Waals surface area contributed by atoms with Crippen LogP contribution in [-0.4, -0.2) is 22.1 Å². The molecule has 2 rings (SSSR count). The Morgan fingerprint density at radius 1 is 1.36 bits per heavy atom. The molecule has 0 aliphatic heterocycles. The summed E-state index contributed by atoms with van der Waals surface area (Å²) in [7, 11) is 1.24. The molecule has 25 heavy (non-hydrogen) atoms. The van der Waals surface area contributed by atoms with Gasteiger partial charge in [0.1, 0.15) is 16.3 Å². The molecule has 0 radical (unpaired) electrons. The SMILES string of the molecule is COC(=S)c1cc(Oc2ncc(C(F)(F)F)cc2Cl)ccc1[N+](=O)[O-]. The smallest absolute Gasteiger partial charge is 0.417 e. The Labute approximate surface area is 149 Å². The molecular formula is C14H8ClF3N2O4S. The molecule has 0 N–H and O–H groups in total. The standard InChI is InChI=1S/C14H8ClF3N2O4S/c1-23-13(25)9-5-8(2-3-11(9)20(21)22)24-12-10(15)4-7(6-19-12)14(16,17)18/h2-6H,1H3. The largest absolute Gasteiger partial charge is 0.486 e. The molecule has 0 unspecified atom stereocenters. The summed E-state index contributed by atoms with van der Waals surface area (Å²) in [5.74, 6) is -0.257. The molecule has 0 aliphatic carbocycles. The van der Waals surface area contributed by atoms with E-state index >= 15 is 0 Å². The predicted octanol–water partition coefficient (Wildman–Crippen LogP) is 4.78. The van der Waals surface area contributed by atoms with Crippen molar-refractivity contribution in [1.82, 2.24) is 4.98 Å². The van der Waals surface area contributed by atoms with Crippen molar-refractivity contribution in [3.63, 3.8) is 0 Å². The number of methoxy groups -OCH3 is 1. The lowest BCUT2D eigenvalue weighted by molar-refractivity contribution is -0.385. The van der Waals surface area contributed by atoms with E-state index in [1.807, 2.05) is 0 Å². The molecule has 11 heteroatoms. The number of hydrogen-bond donors (Lipinski definition) is 0. The Kier molecular flexibility index (Phi) is 5.43. The van der Waals surface area contributed by atoms with Crippen LogP contribution in [0.5, 0.6) is 11.6 Å². The number of nitro benzene ring substituents is 1. The van der Waals surface area contributed by atoms with Crippen LogP contribution in [0.25, 0.3) is 0 Å². The number of rotatable bonds is 4. The Morgan fingerprint density at radius 3 is 2.56 bits per heavy atom. The van der Waals surface area contributed by atoms with Gasteiger partial charge in [-0.15, -0.1) is 0 Å². The normalized spacial score (nSPS) is 11.1. The van der Waals surface area contributed by atoms with Crippen molar-refractivity contribution in [2.75, 3.05) is 7.11 Å². The van der Waals surface area contributed by atoms with Gasteiger partial charge < -0.3 is 9.47 Å². The third-order valence-electron chi connectivity index (χ3n) is 2.92. The molecule has 1 heterocycles. The van der Waals surface area contributed by atoms with Gasteiger partial charge in [0, 0.05) is 12.3 Å². The molecule has 0 atom stereocenters. The average molecular weight is 393 g/mol. The molecule has 6 nitrogen and oxygen atoms in total. The summed E-state index contributed by atoms with van der Waals surface area (Å²) >= 11 is 10.6. The van der Waals surface area contributed by atoms with Crippen molar-refractivity contribution >= 4 is 34.6 Å². The van der Waals surface area contributed by atoms with Crippen LogP contribution in [0.15, 0.2) is 30.5 Å². The lowest BCUT2D eigenvalue weighted by Gasteiger charge is -2.11. The van der Waals surface area contributed by atoms with Crippen molar-refractivity contribution in [2.24, 2.45) is 0 Å². The summed E-state index contributed by atoms with van der Waals surface area (Å²) in [6, 6.07) is 4.22. The number of thiocarbonyl (C=S) groups is 1. The van der Waals surface area contributed by atoms with E-state index in [1.165, 1.54) is 19.2 Å². The number of aromatic nitrogens is 1. The summed E-state index contributed by atoms with van der Waals surface area (Å²) < 4.78 is 47.9. The Hall–Kier alpha value is -2.46. The summed E-state index contributed by atoms with van der Waals surface area (Å²) in [6.45, 7) is 0. The zero-order chi connectivity index (χ0) is 18.8. The Bertz CT molecular complexity index is 845. The van der Waals surface area contributed by atoms with Crippen LogP contribution in [0.4, 0.5) is 18.9 Å². The van der Waals surface area contributed by atoms with Gasteiger partial charge in [-0.05, 0) is 30.4 Å². The number of halogens is 4. The Morgan fingerprint density at radius 2 is 2.04 bits per heavy atom. The quantitative estimate of drug-likeness (QED) is 0.423. The van der Waals surface area contributed by atoms with Crippen LogP contribution in [0.1, 0.15) is 11.1 Å². The zero-order valence-corrected chi connectivity index (χ0v) is 13.9. The van der Waals surface area contributed by atoms with Gasteiger partial charge in [-0.3, -0.25) is 10.1 Å². The highest BCUT2D eigenvalue weighted by atomic mass is 35.5. The molecule has 0 saturated carbocycles. The fraction of sp³-hybridized carbons (Fsp3) is 0.143. The minimum atomic E-state index is -4.60. The van der Waals surface area contributed by atoms with Crippen molar-refractivity contribution in [1.29, 1.82) is 0 Å². The molecule has 1 aromatic carbocycles. The van der Waals surface area contributed by atoms with E-state index in [2.05, 4.69) is 4.98 Å². The summed E-state index contributed by atoms with van der Waals surface area (Å²) in [5, 5.41) is 10.5. The predicted molar refractivity (Wildman–Crippen MR) is 86.1 cm³/mol. The van der Waals surface area contributed by atoms with Gasteiger partial charge in [0.25, 0.3) is 5.69 Å². The highest BCUT2D eigenvalue weighted by Crippen LogP contribution is 2.35.